The number of nitrogens with zero attached hydrogens (tertiary/aromatic N) is 3. The lowest BCUT2D eigenvalue weighted by atomic mass is 9.86. The Balaban J connectivity index is 1.57. The zero-order valence-corrected chi connectivity index (χ0v) is 20.6. The average Bonchev–Trinajstić information content (AvgIpc) is 3.22. The first-order valence-corrected chi connectivity index (χ1v) is 11.9. The zero-order chi connectivity index (χ0) is 25.3. The Hall–Kier alpha value is -2.49. The molecule has 0 bridgehead atoms. The molecule has 1 atom stereocenters. The fourth-order valence-electron chi connectivity index (χ4n) is 4.76. The van der Waals surface area contributed by atoms with Crippen LogP contribution < -0.4 is 5.32 Å². The Morgan fingerprint density at radius 2 is 1.91 bits per heavy atom. The number of nitrogens with one attached hydrogen (secondary N) is 1. The molecule has 2 aliphatic rings. The lowest BCUT2D eigenvalue weighted by Gasteiger charge is -2.37. The Morgan fingerprint density at radius 1 is 1.23 bits per heavy atom. The van der Waals surface area contributed by atoms with Crippen molar-refractivity contribution < 1.29 is 22.7 Å². The van der Waals surface area contributed by atoms with Gasteiger partial charge in [-0.1, -0.05) is 23.8 Å². The number of methoxy groups -OCH3 is 1. The molecule has 1 saturated heterocycles. The summed E-state index contributed by atoms with van der Waals surface area (Å²) in [6.45, 7) is 3.21. The number of piperidine rings is 1. The molecule has 1 aliphatic heterocycles. The van der Waals surface area contributed by atoms with E-state index in [1.54, 1.807) is 20.1 Å². The first-order valence-electron chi connectivity index (χ1n) is 11.5. The largest absolute Gasteiger partial charge is 0.370 e. The number of hydrogen-bond acceptors (Lipinski definition) is 6. The Kier molecular flexibility index (Phi) is 7.49. The van der Waals surface area contributed by atoms with Crippen molar-refractivity contribution in [1.82, 2.24) is 14.9 Å². The molecule has 4 rings (SSSR count). The first-order chi connectivity index (χ1) is 16.6. The molecule has 10 heteroatoms. The van der Waals surface area contributed by atoms with E-state index in [1.165, 1.54) is 12.1 Å². The highest BCUT2D eigenvalue weighted by Gasteiger charge is 2.40. The Bertz CT molecular complexity index is 1150. The van der Waals surface area contributed by atoms with Crippen molar-refractivity contribution >= 4 is 23.2 Å². The molecule has 0 saturated carbocycles. The summed E-state index contributed by atoms with van der Waals surface area (Å²) in [5.74, 6) is -0.622. The van der Waals surface area contributed by atoms with Crippen LogP contribution >= 0.6 is 11.6 Å². The first kappa shape index (κ1) is 25.6. The molecule has 1 N–H and O–H groups in total. The molecule has 188 valence electrons. The highest BCUT2D eigenvalue weighted by molar-refractivity contribution is 6.28. The van der Waals surface area contributed by atoms with Gasteiger partial charge in [-0.15, -0.1) is 0 Å². The number of benzene rings is 1. The summed E-state index contributed by atoms with van der Waals surface area (Å²) in [7, 11) is 3.59. The van der Waals surface area contributed by atoms with Gasteiger partial charge in [-0.05, 0) is 50.9 Å². The van der Waals surface area contributed by atoms with Gasteiger partial charge in [0.2, 0.25) is 5.28 Å². The van der Waals surface area contributed by atoms with E-state index in [0.717, 1.165) is 30.3 Å². The number of ether oxygens (including phenoxy) is 1. The maximum absolute atomic E-state index is 14.7. The molecule has 0 radical (unpaired) electrons. The van der Waals surface area contributed by atoms with Crippen molar-refractivity contribution in [3.05, 3.63) is 63.3 Å². The molecule has 6 nitrogen and oxygen atoms in total. The number of carbonyl (C=O) groups is 1. The summed E-state index contributed by atoms with van der Waals surface area (Å²) in [6.07, 6.45) is 0.825. The van der Waals surface area contributed by atoms with Crippen LogP contribution in [0.15, 0.2) is 29.8 Å². The van der Waals surface area contributed by atoms with Crippen LogP contribution in [0.25, 0.3) is 0 Å². The molecule has 0 spiro atoms. The number of allylic oxidation sites excluding steroid dienone is 1. The van der Waals surface area contributed by atoms with E-state index in [2.05, 4.69) is 20.2 Å². The third-order valence-corrected chi connectivity index (χ3v) is 7.12. The van der Waals surface area contributed by atoms with Crippen LogP contribution in [-0.2, 0) is 22.4 Å². The van der Waals surface area contributed by atoms with Gasteiger partial charge < -0.3 is 15.0 Å². The topological polar surface area (TPSA) is 67.3 Å². The average molecular weight is 509 g/mol. The van der Waals surface area contributed by atoms with Gasteiger partial charge >= 0.3 is 0 Å². The SMILES string of the molecule is COC1(C(=O)/C=C2\Cc3nc(Cl)nc(N[C@H](C)c4cccc(C(F)F)c4F)c3C2)CCN(C)CC1. The maximum Gasteiger partial charge on any atom is 0.266 e. The van der Waals surface area contributed by atoms with Gasteiger partial charge in [-0.3, -0.25) is 4.79 Å². The van der Waals surface area contributed by atoms with E-state index in [-0.39, 0.29) is 16.6 Å². The van der Waals surface area contributed by atoms with Crippen molar-refractivity contribution in [1.29, 1.82) is 0 Å². The number of carbonyl (C=O) groups excluding carboxylic acids is 1. The third kappa shape index (κ3) is 5.22. The number of anilines is 1. The predicted molar refractivity (Wildman–Crippen MR) is 127 cm³/mol. The fraction of sp³-hybridized carbons (Fsp3) is 0.480. The van der Waals surface area contributed by atoms with Crippen molar-refractivity contribution in [2.24, 2.45) is 0 Å². The monoisotopic (exact) mass is 508 g/mol. The molecule has 0 amide bonds. The van der Waals surface area contributed by atoms with Crippen LogP contribution in [0.4, 0.5) is 19.0 Å². The van der Waals surface area contributed by atoms with Crippen molar-refractivity contribution in [2.75, 3.05) is 32.6 Å². The van der Waals surface area contributed by atoms with E-state index in [4.69, 9.17) is 16.3 Å². The highest BCUT2D eigenvalue weighted by atomic mass is 35.5. The Labute approximate surface area is 207 Å². The molecule has 1 fully saturated rings. The molecule has 1 aliphatic carbocycles. The number of rotatable bonds is 7. The van der Waals surface area contributed by atoms with Gasteiger partial charge in [-0.25, -0.2) is 23.1 Å². The van der Waals surface area contributed by atoms with E-state index in [1.807, 2.05) is 7.05 Å². The van der Waals surface area contributed by atoms with E-state index in [9.17, 15) is 18.0 Å². The summed E-state index contributed by atoms with van der Waals surface area (Å²) < 4.78 is 46.6. The number of ketones is 1. The predicted octanol–water partition coefficient (Wildman–Crippen LogP) is 5.08. The molecular formula is C25H28ClF3N4O2. The van der Waals surface area contributed by atoms with Crippen molar-refractivity contribution in [3.63, 3.8) is 0 Å². The minimum Gasteiger partial charge on any atom is -0.370 e. The number of halogens is 4. The van der Waals surface area contributed by atoms with Crippen LogP contribution in [0, 0.1) is 5.82 Å². The molecule has 2 heterocycles. The maximum atomic E-state index is 14.7. The van der Waals surface area contributed by atoms with Crippen LogP contribution in [0.5, 0.6) is 0 Å². The lowest BCUT2D eigenvalue weighted by Crippen LogP contribution is -2.49. The fourth-order valence-corrected chi connectivity index (χ4v) is 4.95. The van der Waals surface area contributed by atoms with Crippen LogP contribution in [0.2, 0.25) is 5.28 Å². The molecule has 35 heavy (non-hydrogen) atoms. The Morgan fingerprint density at radius 3 is 2.57 bits per heavy atom. The minimum absolute atomic E-state index is 0.0107. The molecule has 0 unspecified atom stereocenters. The van der Waals surface area contributed by atoms with Gasteiger partial charge in [0.15, 0.2) is 5.78 Å². The van der Waals surface area contributed by atoms with E-state index in [0.29, 0.717) is 37.2 Å². The number of likely N-dealkylation sites (tertiary alicyclic amines) is 1. The highest BCUT2D eigenvalue weighted by Crippen LogP contribution is 2.35. The number of alkyl halides is 2. The van der Waals surface area contributed by atoms with Crippen LogP contribution in [0.1, 0.15) is 54.6 Å². The molecule has 1 aromatic heterocycles. The number of aromatic nitrogens is 2. The normalized spacial score (nSPS) is 19.7. The second-order valence-electron chi connectivity index (χ2n) is 9.21. The van der Waals surface area contributed by atoms with Gasteiger partial charge in [0.05, 0.1) is 17.3 Å². The molecular weight excluding hydrogens is 481 g/mol. The number of hydrogen-bond donors (Lipinski definition) is 1. The van der Waals surface area contributed by atoms with E-state index >= 15 is 0 Å². The summed E-state index contributed by atoms with van der Waals surface area (Å²) >= 11 is 6.14. The van der Waals surface area contributed by atoms with E-state index < -0.39 is 29.4 Å². The second-order valence-corrected chi connectivity index (χ2v) is 9.54. The van der Waals surface area contributed by atoms with Gasteiger partial charge in [0.25, 0.3) is 6.43 Å². The smallest absolute Gasteiger partial charge is 0.266 e. The van der Waals surface area contributed by atoms with Gasteiger partial charge in [0.1, 0.15) is 17.2 Å². The summed E-state index contributed by atoms with van der Waals surface area (Å²) in [4.78, 5) is 24.0. The zero-order valence-electron chi connectivity index (χ0n) is 19.9. The summed E-state index contributed by atoms with van der Waals surface area (Å²) in [5.41, 5.74) is 0.904. The van der Waals surface area contributed by atoms with Crippen LogP contribution in [-0.4, -0.2) is 53.5 Å². The van der Waals surface area contributed by atoms with Crippen LogP contribution in [0.3, 0.4) is 0 Å². The number of fused-ring (bicyclic) bond motifs is 1. The molecule has 1 aromatic carbocycles. The third-order valence-electron chi connectivity index (χ3n) is 6.95. The van der Waals surface area contributed by atoms with Crippen molar-refractivity contribution in [3.8, 4) is 0 Å². The van der Waals surface area contributed by atoms with Gasteiger partial charge in [-0.2, -0.15) is 0 Å². The lowest BCUT2D eigenvalue weighted by molar-refractivity contribution is -0.141. The van der Waals surface area contributed by atoms with Crippen molar-refractivity contribution in [2.45, 2.75) is 50.7 Å². The minimum atomic E-state index is -2.91. The van der Waals surface area contributed by atoms with Gasteiger partial charge in [0, 0.05) is 37.7 Å². The quantitative estimate of drug-likeness (QED) is 0.415. The summed E-state index contributed by atoms with van der Waals surface area (Å²) in [6, 6.07) is 3.27. The molecule has 2 aromatic rings. The second kappa shape index (κ2) is 10.2. The summed E-state index contributed by atoms with van der Waals surface area (Å²) in [5, 5.41) is 3.11. The standard InChI is InChI=1S/C25H28ClF3N4O2/c1-14(16-5-4-6-17(21(16)27)22(28)29)30-23-18-11-15(12-19(18)31-24(26)32-23)13-20(34)25(35-3)7-9-33(2)10-8-25/h4-6,13-14,22H,7-12H2,1-3H3,(H,30,31,32)/b15-13-/t14-/m1/s1.